The first-order valence-electron chi connectivity index (χ1n) is 6.98. The summed E-state index contributed by atoms with van der Waals surface area (Å²) in [6.45, 7) is 0.557. The summed E-state index contributed by atoms with van der Waals surface area (Å²) in [6, 6.07) is 7.49. The Labute approximate surface area is 129 Å². The fourth-order valence-corrected chi connectivity index (χ4v) is 2.43. The highest BCUT2D eigenvalue weighted by atomic mass is 19.4. The maximum atomic E-state index is 12.2. The SMILES string of the molecule is O=c1ccn2c(n1)OC(CCc1cccc(OC(F)(F)F)c1)C2. The lowest BCUT2D eigenvalue weighted by molar-refractivity contribution is -0.274. The van der Waals surface area contributed by atoms with Crippen LogP contribution in [0.25, 0.3) is 0 Å². The van der Waals surface area contributed by atoms with Gasteiger partial charge in [0.1, 0.15) is 11.9 Å². The van der Waals surface area contributed by atoms with E-state index >= 15 is 0 Å². The molecule has 0 spiro atoms. The van der Waals surface area contributed by atoms with E-state index in [1.54, 1.807) is 16.8 Å². The molecule has 0 saturated carbocycles. The zero-order chi connectivity index (χ0) is 16.4. The number of alkyl halides is 3. The lowest BCUT2D eigenvalue weighted by atomic mass is 10.1. The van der Waals surface area contributed by atoms with Crippen LogP contribution in [-0.4, -0.2) is 22.0 Å². The van der Waals surface area contributed by atoms with Crippen LogP contribution in [0.1, 0.15) is 12.0 Å². The summed E-state index contributed by atoms with van der Waals surface area (Å²) in [4.78, 5) is 14.9. The van der Waals surface area contributed by atoms with Crippen molar-refractivity contribution in [2.75, 3.05) is 0 Å². The van der Waals surface area contributed by atoms with E-state index in [1.807, 2.05) is 0 Å². The van der Waals surface area contributed by atoms with Crippen LogP contribution >= 0.6 is 0 Å². The fourth-order valence-electron chi connectivity index (χ4n) is 2.43. The summed E-state index contributed by atoms with van der Waals surface area (Å²) in [7, 11) is 0. The summed E-state index contributed by atoms with van der Waals surface area (Å²) < 4.78 is 47.8. The van der Waals surface area contributed by atoms with E-state index in [0.717, 1.165) is 0 Å². The molecule has 0 aliphatic carbocycles. The van der Waals surface area contributed by atoms with Gasteiger partial charge in [0.05, 0.1) is 6.54 Å². The highest BCUT2D eigenvalue weighted by Crippen LogP contribution is 2.25. The van der Waals surface area contributed by atoms with Crippen LogP contribution in [0.2, 0.25) is 0 Å². The van der Waals surface area contributed by atoms with Crippen molar-refractivity contribution < 1.29 is 22.6 Å². The molecule has 2 aromatic rings. The molecular formula is C15H13F3N2O3. The summed E-state index contributed by atoms with van der Waals surface area (Å²) >= 11 is 0. The van der Waals surface area contributed by atoms with E-state index in [9.17, 15) is 18.0 Å². The van der Waals surface area contributed by atoms with Gasteiger partial charge >= 0.3 is 6.36 Å². The molecule has 2 heterocycles. The van der Waals surface area contributed by atoms with Gasteiger partial charge in [-0.3, -0.25) is 9.36 Å². The number of hydrogen-bond acceptors (Lipinski definition) is 4. The number of benzene rings is 1. The fraction of sp³-hybridized carbons (Fsp3) is 0.333. The average Bonchev–Trinajstić information content (AvgIpc) is 2.85. The molecular weight excluding hydrogens is 313 g/mol. The first kappa shape index (κ1) is 15.4. The zero-order valence-corrected chi connectivity index (χ0v) is 11.9. The van der Waals surface area contributed by atoms with Crippen molar-refractivity contribution >= 4 is 0 Å². The summed E-state index contributed by atoms with van der Waals surface area (Å²) in [5.41, 5.74) is 0.350. The van der Waals surface area contributed by atoms with Gasteiger partial charge in [0.25, 0.3) is 11.6 Å². The molecule has 3 rings (SSSR count). The number of fused-ring (bicyclic) bond motifs is 1. The average molecular weight is 326 g/mol. The van der Waals surface area contributed by atoms with Gasteiger partial charge in [-0.05, 0) is 30.5 Å². The van der Waals surface area contributed by atoms with Gasteiger partial charge < -0.3 is 9.47 Å². The molecule has 0 bridgehead atoms. The van der Waals surface area contributed by atoms with E-state index in [1.165, 1.54) is 24.3 Å². The van der Waals surface area contributed by atoms with Crippen LogP contribution < -0.4 is 15.0 Å². The Bertz CT molecular complexity index is 758. The smallest absolute Gasteiger partial charge is 0.459 e. The van der Waals surface area contributed by atoms with Crippen LogP contribution in [0.4, 0.5) is 13.2 Å². The number of ether oxygens (including phenoxy) is 2. The molecule has 1 aliphatic heterocycles. The molecule has 1 aromatic heterocycles. The molecule has 0 saturated heterocycles. The second-order valence-corrected chi connectivity index (χ2v) is 5.17. The van der Waals surface area contributed by atoms with Crippen LogP contribution in [-0.2, 0) is 13.0 Å². The Kier molecular flexibility index (Phi) is 3.97. The van der Waals surface area contributed by atoms with Crippen molar-refractivity contribution in [3.05, 3.63) is 52.4 Å². The quantitative estimate of drug-likeness (QED) is 0.866. The second-order valence-electron chi connectivity index (χ2n) is 5.17. The van der Waals surface area contributed by atoms with Gasteiger partial charge in [0.15, 0.2) is 0 Å². The number of nitrogens with zero attached hydrogens (tertiary/aromatic N) is 2. The number of halogens is 3. The summed E-state index contributed by atoms with van der Waals surface area (Å²) in [5, 5.41) is 0. The Morgan fingerprint density at radius 2 is 2.17 bits per heavy atom. The molecule has 0 N–H and O–H groups in total. The van der Waals surface area contributed by atoms with Gasteiger partial charge in [0.2, 0.25) is 0 Å². The molecule has 0 fully saturated rings. The van der Waals surface area contributed by atoms with Gasteiger partial charge in [0, 0.05) is 12.3 Å². The summed E-state index contributed by atoms with van der Waals surface area (Å²) in [5.74, 6) is -0.238. The molecule has 1 unspecified atom stereocenters. The minimum atomic E-state index is -4.70. The van der Waals surface area contributed by atoms with Crippen molar-refractivity contribution in [1.82, 2.24) is 9.55 Å². The first-order valence-corrected chi connectivity index (χ1v) is 6.98. The Morgan fingerprint density at radius 3 is 2.96 bits per heavy atom. The minimum absolute atomic E-state index is 0.170. The van der Waals surface area contributed by atoms with Gasteiger partial charge in [-0.15, -0.1) is 13.2 Å². The van der Waals surface area contributed by atoms with Crippen molar-refractivity contribution in [1.29, 1.82) is 0 Å². The van der Waals surface area contributed by atoms with Crippen LogP contribution in [0.5, 0.6) is 11.8 Å². The Hall–Kier alpha value is -2.51. The topological polar surface area (TPSA) is 53.4 Å². The van der Waals surface area contributed by atoms with Crippen molar-refractivity contribution in [3.8, 4) is 11.8 Å². The highest BCUT2D eigenvalue weighted by molar-refractivity contribution is 5.28. The number of hydrogen-bond donors (Lipinski definition) is 0. The molecule has 8 heteroatoms. The predicted molar refractivity (Wildman–Crippen MR) is 74.4 cm³/mol. The monoisotopic (exact) mass is 326 g/mol. The minimum Gasteiger partial charge on any atom is -0.459 e. The van der Waals surface area contributed by atoms with E-state index < -0.39 is 6.36 Å². The Morgan fingerprint density at radius 1 is 1.35 bits per heavy atom. The number of rotatable bonds is 4. The molecule has 23 heavy (non-hydrogen) atoms. The standard InChI is InChI=1S/C15H13F3N2O3/c16-15(17,18)23-11-3-1-2-10(8-11)4-5-12-9-20-7-6-13(21)19-14(20)22-12/h1-3,6-8,12H,4-5,9H2. The van der Waals surface area contributed by atoms with Crippen LogP contribution in [0.3, 0.4) is 0 Å². The van der Waals surface area contributed by atoms with Gasteiger partial charge in [-0.25, -0.2) is 0 Å². The molecule has 1 atom stereocenters. The first-order chi connectivity index (χ1) is 10.9. The number of aryl methyl sites for hydroxylation is 1. The molecule has 0 radical (unpaired) electrons. The molecule has 0 amide bonds. The third kappa shape index (κ3) is 4.02. The van der Waals surface area contributed by atoms with Gasteiger partial charge in [-0.1, -0.05) is 12.1 Å². The molecule has 5 nitrogen and oxygen atoms in total. The lowest BCUT2D eigenvalue weighted by Crippen LogP contribution is -2.17. The van der Waals surface area contributed by atoms with Crippen LogP contribution in [0.15, 0.2) is 41.3 Å². The van der Waals surface area contributed by atoms with Gasteiger partial charge in [-0.2, -0.15) is 4.98 Å². The lowest BCUT2D eigenvalue weighted by Gasteiger charge is -2.11. The maximum Gasteiger partial charge on any atom is 0.573 e. The van der Waals surface area contributed by atoms with E-state index in [4.69, 9.17) is 4.74 Å². The van der Waals surface area contributed by atoms with Crippen LogP contribution in [0, 0.1) is 0 Å². The largest absolute Gasteiger partial charge is 0.573 e. The Balaban J connectivity index is 1.59. The summed E-state index contributed by atoms with van der Waals surface area (Å²) in [6.07, 6.45) is -2.14. The van der Waals surface area contributed by atoms with E-state index in [2.05, 4.69) is 9.72 Å². The second kappa shape index (κ2) is 5.94. The van der Waals surface area contributed by atoms with Crippen molar-refractivity contribution in [2.45, 2.75) is 31.9 Å². The van der Waals surface area contributed by atoms with E-state index in [-0.39, 0.29) is 23.4 Å². The molecule has 1 aliphatic rings. The van der Waals surface area contributed by atoms with E-state index in [0.29, 0.717) is 24.9 Å². The predicted octanol–water partition coefficient (Wildman–Crippen LogP) is 2.54. The third-order valence-corrected chi connectivity index (χ3v) is 3.41. The zero-order valence-electron chi connectivity index (χ0n) is 11.9. The highest BCUT2D eigenvalue weighted by Gasteiger charge is 2.31. The maximum absolute atomic E-state index is 12.2. The number of aromatic nitrogens is 2. The molecule has 122 valence electrons. The molecule has 1 aromatic carbocycles. The third-order valence-electron chi connectivity index (χ3n) is 3.41. The van der Waals surface area contributed by atoms with Crippen molar-refractivity contribution in [2.24, 2.45) is 0 Å². The normalized spacial score (nSPS) is 16.7. The van der Waals surface area contributed by atoms with Crippen molar-refractivity contribution in [3.63, 3.8) is 0 Å².